The zero-order valence-corrected chi connectivity index (χ0v) is 11.1. The monoisotopic (exact) mass is 288 g/mol. The molecule has 2 rings (SSSR count). The highest BCUT2D eigenvalue weighted by molar-refractivity contribution is 8.14. The van der Waals surface area contributed by atoms with Gasteiger partial charge in [-0.1, -0.05) is 23.5 Å². The topological polar surface area (TPSA) is 92.3 Å². The molecule has 0 spiro atoms. The zero-order valence-electron chi connectivity index (χ0n) is 9.43. The van der Waals surface area contributed by atoms with E-state index < -0.39 is 23.9 Å². The number of rotatable bonds is 2. The Labute approximate surface area is 112 Å². The average Bonchev–Trinajstić information content (AvgIpc) is 2.90. The molecule has 2 unspecified atom stereocenters. The van der Waals surface area contributed by atoms with Crippen LogP contribution in [0.4, 0.5) is 0 Å². The number of hydrogen-bond acceptors (Lipinski definition) is 6. The van der Waals surface area contributed by atoms with Crippen molar-refractivity contribution in [1.82, 2.24) is 10.6 Å². The Kier molecular flexibility index (Phi) is 4.28. The lowest BCUT2D eigenvalue weighted by molar-refractivity contribution is -0.140. The van der Waals surface area contributed by atoms with E-state index in [1.165, 1.54) is 0 Å². The van der Waals surface area contributed by atoms with Crippen molar-refractivity contribution < 1.29 is 19.2 Å². The highest BCUT2D eigenvalue weighted by Crippen LogP contribution is 2.20. The maximum Gasteiger partial charge on any atom is 0.309 e. The van der Waals surface area contributed by atoms with Crippen molar-refractivity contribution in [2.45, 2.75) is 24.9 Å². The van der Waals surface area contributed by atoms with Gasteiger partial charge in [0.1, 0.15) is 0 Å². The van der Waals surface area contributed by atoms with Gasteiger partial charge >= 0.3 is 11.8 Å². The molecule has 0 radical (unpaired) electrons. The first-order valence-corrected chi connectivity index (χ1v) is 7.49. The number of nitrogens with one attached hydrogen (secondary N) is 2. The van der Waals surface area contributed by atoms with E-state index in [4.69, 9.17) is 0 Å². The van der Waals surface area contributed by atoms with E-state index in [0.717, 1.165) is 23.5 Å². The van der Waals surface area contributed by atoms with Crippen LogP contribution >= 0.6 is 23.5 Å². The minimum absolute atomic E-state index is 0.122. The van der Waals surface area contributed by atoms with E-state index in [1.807, 2.05) is 0 Å². The van der Waals surface area contributed by atoms with Gasteiger partial charge in [-0.05, 0) is 12.8 Å². The van der Waals surface area contributed by atoms with E-state index in [0.29, 0.717) is 24.3 Å². The normalized spacial score (nSPS) is 27.3. The summed E-state index contributed by atoms with van der Waals surface area (Å²) in [4.78, 5) is 45.6. The van der Waals surface area contributed by atoms with Gasteiger partial charge < -0.3 is 10.6 Å². The summed E-state index contributed by atoms with van der Waals surface area (Å²) in [5.41, 5.74) is 0. The van der Waals surface area contributed by atoms with E-state index in [2.05, 4.69) is 10.6 Å². The van der Waals surface area contributed by atoms with Gasteiger partial charge in [0.25, 0.3) is 0 Å². The molecule has 2 saturated heterocycles. The summed E-state index contributed by atoms with van der Waals surface area (Å²) in [7, 11) is 0. The quantitative estimate of drug-likeness (QED) is 0.652. The molecule has 0 aliphatic carbocycles. The van der Waals surface area contributed by atoms with Crippen molar-refractivity contribution in [3.05, 3.63) is 0 Å². The summed E-state index contributed by atoms with van der Waals surface area (Å²) in [5.74, 6) is -0.382. The van der Waals surface area contributed by atoms with Crippen LogP contribution in [-0.4, -0.2) is 45.6 Å². The minimum Gasteiger partial charge on any atom is -0.337 e. The summed E-state index contributed by atoms with van der Waals surface area (Å²) in [6, 6.07) is -1.16. The molecule has 98 valence electrons. The van der Waals surface area contributed by atoms with Crippen LogP contribution < -0.4 is 10.6 Å². The molecule has 0 saturated carbocycles. The van der Waals surface area contributed by atoms with Crippen molar-refractivity contribution in [3.8, 4) is 0 Å². The molecular weight excluding hydrogens is 276 g/mol. The Bertz CT molecular complexity index is 375. The molecular formula is C10H12N2O4S2. The number of carbonyl (C=O) groups is 4. The van der Waals surface area contributed by atoms with Crippen LogP contribution in [-0.2, 0) is 19.2 Å². The summed E-state index contributed by atoms with van der Waals surface area (Å²) < 4.78 is 0. The fourth-order valence-electron chi connectivity index (χ4n) is 1.70. The second-order valence-corrected chi connectivity index (χ2v) is 6.16. The molecule has 0 aromatic heterocycles. The van der Waals surface area contributed by atoms with Crippen molar-refractivity contribution in [2.75, 3.05) is 11.5 Å². The van der Waals surface area contributed by atoms with Crippen LogP contribution in [0.3, 0.4) is 0 Å². The number of carbonyl (C=O) groups excluding carboxylic acids is 4. The van der Waals surface area contributed by atoms with Crippen LogP contribution in [0.2, 0.25) is 0 Å². The van der Waals surface area contributed by atoms with E-state index in [-0.39, 0.29) is 10.2 Å². The number of thioether (sulfide) groups is 2. The standard InChI is InChI=1S/C10H12N2O4S2/c13-7(11-5-1-3-17-9(5)15)8(14)12-6-2-4-18-10(6)16/h5-6H,1-4H2,(H,11,13)(H,12,14). The van der Waals surface area contributed by atoms with Crippen LogP contribution in [0.25, 0.3) is 0 Å². The number of amides is 2. The molecule has 2 amide bonds. The lowest BCUT2D eigenvalue weighted by Gasteiger charge is -2.12. The average molecular weight is 288 g/mol. The lowest BCUT2D eigenvalue weighted by Crippen LogP contribution is -2.49. The molecule has 2 aliphatic rings. The maximum absolute atomic E-state index is 11.5. The van der Waals surface area contributed by atoms with Crippen molar-refractivity contribution in [2.24, 2.45) is 0 Å². The predicted octanol–water partition coefficient (Wildman–Crippen LogP) is -0.717. The molecule has 8 heteroatoms. The molecule has 2 heterocycles. The van der Waals surface area contributed by atoms with Crippen molar-refractivity contribution in [3.63, 3.8) is 0 Å². The first-order chi connectivity index (χ1) is 8.58. The van der Waals surface area contributed by atoms with Crippen LogP contribution in [0.1, 0.15) is 12.8 Å². The summed E-state index contributed by atoms with van der Waals surface area (Å²) >= 11 is 2.30. The SMILES string of the molecule is O=C(NC1CCSC1=O)C(=O)NC1CCSC1=O. The fourth-order valence-corrected chi connectivity index (χ4v) is 3.57. The Morgan fingerprint density at radius 2 is 1.28 bits per heavy atom. The van der Waals surface area contributed by atoms with Gasteiger partial charge in [-0.25, -0.2) is 0 Å². The largest absolute Gasteiger partial charge is 0.337 e. The van der Waals surface area contributed by atoms with Crippen LogP contribution in [0, 0.1) is 0 Å². The summed E-state index contributed by atoms with van der Waals surface area (Å²) in [6.07, 6.45) is 1.08. The minimum atomic E-state index is -0.847. The maximum atomic E-state index is 11.5. The Morgan fingerprint density at radius 3 is 1.56 bits per heavy atom. The lowest BCUT2D eigenvalue weighted by atomic mass is 10.2. The van der Waals surface area contributed by atoms with Gasteiger partial charge in [-0.3, -0.25) is 19.2 Å². The van der Waals surface area contributed by atoms with Crippen LogP contribution in [0.5, 0.6) is 0 Å². The first kappa shape index (κ1) is 13.4. The molecule has 2 N–H and O–H groups in total. The highest BCUT2D eigenvalue weighted by Gasteiger charge is 2.32. The molecule has 6 nitrogen and oxygen atoms in total. The summed E-state index contributed by atoms with van der Waals surface area (Å²) in [5, 5.41) is 4.51. The van der Waals surface area contributed by atoms with Crippen molar-refractivity contribution >= 4 is 45.6 Å². The van der Waals surface area contributed by atoms with Crippen molar-refractivity contribution in [1.29, 1.82) is 0 Å². The molecule has 2 atom stereocenters. The smallest absolute Gasteiger partial charge is 0.309 e. The second-order valence-electron chi connectivity index (χ2n) is 3.96. The van der Waals surface area contributed by atoms with Crippen LogP contribution in [0.15, 0.2) is 0 Å². The van der Waals surface area contributed by atoms with Gasteiger partial charge in [0, 0.05) is 11.5 Å². The summed E-state index contributed by atoms with van der Waals surface area (Å²) in [6.45, 7) is 0. The first-order valence-electron chi connectivity index (χ1n) is 5.52. The Hall–Kier alpha value is -1.02. The van der Waals surface area contributed by atoms with Gasteiger partial charge in [0.15, 0.2) is 0 Å². The molecule has 18 heavy (non-hydrogen) atoms. The van der Waals surface area contributed by atoms with E-state index in [1.54, 1.807) is 0 Å². The Balaban J connectivity index is 1.83. The van der Waals surface area contributed by atoms with Gasteiger partial charge in [-0.2, -0.15) is 0 Å². The van der Waals surface area contributed by atoms with Gasteiger partial charge in [0.05, 0.1) is 12.1 Å². The molecule has 2 fully saturated rings. The van der Waals surface area contributed by atoms with Gasteiger partial charge in [0.2, 0.25) is 10.2 Å². The Morgan fingerprint density at radius 1 is 0.889 bits per heavy atom. The predicted molar refractivity (Wildman–Crippen MR) is 68.0 cm³/mol. The highest BCUT2D eigenvalue weighted by atomic mass is 32.2. The second kappa shape index (κ2) is 5.75. The molecule has 0 aromatic rings. The van der Waals surface area contributed by atoms with Gasteiger partial charge in [-0.15, -0.1) is 0 Å². The van der Waals surface area contributed by atoms with E-state index >= 15 is 0 Å². The third-order valence-corrected chi connectivity index (χ3v) is 4.71. The fraction of sp³-hybridized carbons (Fsp3) is 0.600. The molecule has 0 aromatic carbocycles. The third kappa shape index (κ3) is 3.05. The molecule has 2 aliphatic heterocycles. The third-order valence-electron chi connectivity index (χ3n) is 2.69. The van der Waals surface area contributed by atoms with E-state index in [9.17, 15) is 19.2 Å². The molecule has 0 bridgehead atoms. The zero-order chi connectivity index (χ0) is 13.1. The number of hydrogen-bond donors (Lipinski definition) is 2.